The summed E-state index contributed by atoms with van der Waals surface area (Å²) in [5.74, 6) is 0.913. The molecule has 1 aliphatic carbocycles. The first-order valence-corrected chi connectivity index (χ1v) is 11.5. The van der Waals surface area contributed by atoms with E-state index in [0.717, 1.165) is 31.2 Å². The highest BCUT2D eigenvalue weighted by atomic mass is 32.2. The molecule has 6 nitrogen and oxygen atoms in total. The number of hydrogen-bond acceptors (Lipinski definition) is 3. The Morgan fingerprint density at radius 2 is 1.89 bits per heavy atom. The molecule has 2 aliphatic rings. The minimum Gasteiger partial charge on any atom is -0.357 e. The number of sulfonamides is 1. The van der Waals surface area contributed by atoms with E-state index >= 15 is 0 Å². The molecule has 0 unspecified atom stereocenters. The molecule has 0 aromatic heterocycles. The van der Waals surface area contributed by atoms with Crippen LogP contribution in [0.1, 0.15) is 44.6 Å². The van der Waals surface area contributed by atoms with Crippen LogP contribution < -0.4 is 10.0 Å². The predicted molar refractivity (Wildman–Crippen MR) is 109 cm³/mol. The van der Waals surface area contributed by atoms with Gasteiger partial charge in [0.2, 0.25) is 10.0 Å². The first kappa shape index (κ1) is 20.1. The number of rotatable bonds is 6. The number of guanidine groups is 1. The number of aliphatic imine (C=N–C) groups is 1. The van der Waals surface area contributed by atoms with E-state index in [1.807, 2.05) is 19.1 Å². The molecular formula is C20H32N4O2S. The molecule has 27 heavy (non-hydrogen) atoms. The maximum Gasteiger partial charge on any atom is 0.240 e. The van der Waals surface area contributed by atoms with Gasteiger partial charge in [0.1, 0.15) is 0 Å². The molecule has 150 valence electrons. The van der Waals surface area contributed by atoms with Crippen molar-refractivity contribution in [3.63, 3.8) is 0 Å². The van der Waals surface area contributed by atoms with Crippen molar-refractivity contribution in [3.05, 3.63) is 29.8 Å². The summed E-state index contributed by atoms with van der Waals surface area (Å²) in [6.45, 7) is 7.67. The van der Waals surface area contributed by atoms with Gasteiger partial charge in [-0.15, -0.1) is 0 Å². The molecule has 0 atom stereocenters. The van der Waals surface area contributed by atoms with Crippen LogP contribution in [0.5, 0.6) is 0 Å². The molecule has 3 rings (SSSR count). The molecule has 1 aromatic carbocycles. The van der Waals surface area contributed by atoms with E-state index in [0.29, 0.717) is 23.4 Å². The third kappa shape index (κ3) is 5.02. The summed E-state index contributed by atoms with van der Waals surface area (Å²) in [4.78, 5) is 7.31. The van der Waals surface area contributed by atoms with Crippen molar-refractivity contribution in [1.82, 2.24) is 14.9 Å². The SMILES string of the molecule is CCNC(=NCCNS(=O)(=O)c1ccc(C)cc1)N1CCC2(CCCC2)C1. The number of aryl methyl sites for hydroxylation is 1. The molecule has 7 heteroatoms. The van der Waals surface area contributed by atoms with Gasteiger partial charge in [-0.05, 0) is 50.7 Å². The lowest BCUT2D eigenvalue weighted by Crippen LogP contribution is -2.41. The van der Waals surface area contributed by atoms with Crippen LogP contribution in [0.25, 0.3) is 0 Å². The molecular weight excluding hydrogens is 360 g/mol. The molecule has 1 saturated carbocycles. The number of nitrogens with zero attached hydrogens (tertiary/aromatic N) is 2. The highest BCUT2D eigenvalue weighted by Crippen LogP contribution is 2.45. The monoisotopic (exact) mass is 392 g/mol. The standard InChI is InChI=1S/C20H32N4O2S/c1-3-21-19(24-15-12-20(16-24)10-4-5-11-20)22-13-14-23-27(25,26)18-8-6-17(2)7-9-18/h6-9,23H,3-5,10-16H2,1-2H3,(H,21,22). The topological polar surface area (TPSA) is 73.8 Å². The second-order valence-electron chi connectivity index (χ2n) is 7.83. The van der Waals surface area contributed by atoms with Gasteiger partial charge in [0.05, 0.1) is 11.4 Å². The first-order chi connectivity index (χ1) is 12.9. The Morgan fingerprint density at radius 1 is 1.19 bits per heavy atom. The smallest absolute Gasteiger partial charge is 0.240 e. The molecule has 1 saturated heterocycles. The number of benzene rings is 1. The van der Waals surface area contributed by atoms with Crippen LogP contribution in [0.2, 0.25) is 0 Å². The zero-order valence-electron chi connectivity index (χ0n) is 16.5. The maximum atomic E-state index is 12.4. The predicted octanol–water partition coefficient (Wildman–Crippen LogP) is 2.50. The van der Waals surface area contributed by atoms with Crippen molar-refractivity contribution in [1.29, 1.82) is 0 Å². The Morgan fingerprint density at radius 3 is 2.56 bits per heavy atom. The van der Waals surface area contributed by atoms with Gasteiger partial charge in [0.25, 0.3) is 0 Å². The zero-order valence-corrected chi connectivity index (χ0v) is 17.3. The maximum absolute atomic E-state index is 12.4. The second kappa shape index (κ2) is 8.61. The average Bonchev–Trinajstić information content (AvgIpc) is 3.28. The quantitative estimate of drug-likeness (QED) is 0.443. The molecule has 0 bridgehead atoms. The Kier molecular flexibility index (Phi) is 6.42. The lowest BCUT2D eigenvalue weighted by atomic mass is 9.86. The van der Waals surface area contributed by atoms with Crippen molar-refractivity contribution in [2.75, 3.05) is 32.7 Å². The zero-order chi connectivity index (χ0) is 19.3. The van der Waals surface area contributed by atoms with Gasteiger partial charge in [-0.2, -0.15) is 0 Å². The molecule has 1 heterocycles. The number of hydrogen-bond donors (Lipinski definition) is 2. The van der Waals surface area contributed by atoms with Gasteiger partial charge in [-0.3, -0.25) is 4.99 Å². The van der Waals surface area contributed by atoms with E-state index in [-0.39, 0.29) is 0 Å². The van der Waals surface area contributed by atoms with Crippen molar-refractivity contribution in [2.45, 2.75) is 50.8 Å². The summed E-state index contributed by atoms with van der Waals surface area (Å²) in [7, 11) is -3.48. The molecule has 1 spiro atoms. The number of nitrogens with one attached hydrogen (secondary N) is 2. The molecule has 1 aliphatic heterocycles. The summed E-state index contributed by atoms with van der Waals surface area (Å²) in [6, 6.07) is 6.89. The van der Waals surface area contributed by atoms with E-state index in [2.05, 4.69) is 26.9 Å². The summed E-state index contributed by atoms with van der Waals surface area (Å²) in [6.07, 6.45) is 6.61. The Balaban J connectivity index is 1.55. The van der Waals surface area contributed by atoms with Crippen LogP contribution in [-0.2, 0) is 10.0 Å². The van der Waals surface area contributed by atoms with Crippen molar-refractivity contribution in [2.24, 2.45) is 10.4 Å². The van der Waals surface area contributed by atoms with Crippen molar-refractivity contribution >= 4 is 16.0 Å². The van der Waals surface area contributed by atoms with E-state index in [4.69, 9.17) is 0 Å². The van der Waals surface area contributed by atoms with E-state index in [1.165, 1.54) is 32.1 Å². The molecule has 1 aromatic rings. The van der Waals surface area contributed by atoms with Crippen LogP contribution in [0, 0.1) is 12.3 Å². The fraction of sp³-hybridized carbons (Fsp3) is 0.650. The summed E-state index contributed by atoms with van der Waals surface area (Å²) < 4.78 is 27.4. The summed E-state index contributed by atoms with van der Waals surface area (Å²) in [5, 5.41) is 3.37. The third-order valence-electron chi connectivity index (χ3n) is 5.73. The van der Waals surface area contributed by atoms with E-state index in [1.54, 1.807) is 12.1 Å². The average molecular weight is 393 g/mol. The van der Waals surface area contributed by atoms with Crippen LogP contribution in [0.15, 0.2) is 34.2 Å². The van der Waals surface area contributed by atoms with E-state index in [9.17, 15) is 8.42 Å². The van der Waals surface area contributed by atoms with Crippen LogP contribution >= 0.6 is 0 Å². The van der Waals surface area contributed by atoms with Gasteiger partial charge in [0.15, 0.2) is 5.96 Å². The fourth-order valence-corrected chi connectivity index (χ4v) is 5.24. The minimum atomic E-state index is -3.48. The highest BCUT2D eigenvalue weighted by molar-refractivity contribution is 7.89. The molecule has 0 radical (unpaired) electrons. The molecule has 2 N–H and O–H groups in total. The van der Waals surface area contributed by atoms with Gasteiger partial charge >= 0.3 is 0 Å². The lowest BCUT2D eigenvalue weighted by molar-refractivity contribution is 0.309. The van der Waals surface area contributed by atoms with Gasteiger partial charge < -0.3 is 10.2 Å². The lowest BCUT2D eigenvalue weighted by Gasteiger charge is -2.26. The normalized spacial score (nSPS) is 19.8. The first-order valence-electron chi connectivity index (χ1n) is 10.0. The minimum absolute atomic E-state index is 0.296. The largest absolute Gasteiger partial charge is 0.357 e. The summed E-state index contributed by atoms with van der Waals surface area (Å²) >= 11 is 0. The van der Waals surface area contributed by atoms with Crippen LogP contribution in [0.4, 0.5) is 0 Å². The van der Waals surface area contributed by atoms with Crippen molar-refractivity contribution < 1.29 is 8.42 Å². The fourth-order valence-electron chi connectivity index (χ4n) is 4.22. The number of likely N-dealkylation sites (tertiary alicyclic amines) is 1. The molecule has 0 amide bonds. The Hall–Kier alpha value is -1.60. The van der Waals surface area contributed by atoms with Crippen molar-refractivity contribution in [3.8, 4) is 0 Å². The molecule has 2 fully saturated rings. The van der Waals surface area contributed by atoms with Crippen LogP contribution in [0.3, 0.4) is 0 Å². The second-order valence-corrected chi connectivity index (χ2v) is 9.59. The summed E-state index contributed by atoms with van der Waals surface area (Å²) in [5.41, 5.74) is 1.53. The highest BCUT2D eigenvalue weighted by Gasteiger charge is 2.41. The van der Waals surface area contributed by atoms with E-state index < -0.39 is 10.0 Å². The Labute approximate surface area is 163 Å². The van der Waals surface area contributed by atoms with Gasteiger partial charge in [-0.1, -0.05) is 30.5 Å². The van der Waals surface area contributed by atoms with Gasteiger partial charge in [-0.25, -0.2) is 13.1 Å². The Bertz CT molecular complexity index is 753. The van der Waals surface area contributed by atoms with Crippen LogP contribution in [-0.4, -0.2) is 52.0 Å². The van der Waals surface area contributed by atoms with Gasteiger partial charge in [0, 0.05) is 26.2 Å². The third-order valence-corrected chi connectivity index (χ3v) is 7.21.